The van der Waals surface area contributed by atoms with Gasteiger partial charge in [-0.25, -0.2) is 4.79 Å². The molecule has 0 aromatic carbocycles. The van der Waals surface area contributed by atoms with E-state index in [-0.39, 0.29) is 36.1 Å². The normalized spacial score (nSPS) is 27.7. The number of nitrogens with one attached hydrogen (secondary N) is 1. The van der Waals surface area contributed by atoms with E-state index >= 15 is 0 Å². The molecule has 0 spiro atoms. The Morgan fingerprint density at radius 1 is 0.810 bits per heavy atom. The van der Waals surface area contributed by atoms with Crippen molar-refractivity contribution in [2.24, 2.45) is 17.8 Å². The summed E-state index contributed by atoms with van der Waals surface area (Å²) in [5, 5.41) is 9.20. The first kappa shape index (κ1) is 30.5. The lowest BCUT2D eigenvalue weighted by Gasteiger charge is -2.29. The first-order valence-electron chi connectivity index (χ1n) is 15.7. The Hall–Kier alpha value is -2.99. The third kappa shape index (κ3) is 7.31. The van der Waals surface area contributed by atoms with Gasteiger partial charge in [0.2, 0.25) is 0 Å². The van der Waals surface area contributed by atoms with Crippen LogP contribution in [0, 0.1) is 17.8 Å². The van der Waals surface area contributed by atoms with E-state index in [0.717, 1.165) is 75.2 Å². The molecule has 0 amide bonds. The lowest BCUT2D eigenvalue weighted by atomic mass is 9.89. The summed E-state index contributed by atoms with van der Waals surface area (Å²) in [6, 6.07) is 1.37. The van der Waals surface area contributed by atoms with Crippen LogP contribution in [0.5, 0.6) is 0 Å². The Balaban J connectivity index is 1.42. The number of carbonyl (C=O) groups excluding carboxylic acids is 3. The predicted octanol–water partition coefficient (Wildman–Crippen LogP) is 4.05. The van der Waals surface area contributed by atoms with E-state index in [1.165, 1.54) is 12.3 Å². The van der Waals surface area contributed by atoms with Crippen LogP contribution in [0.4, 0.5) is 5.82 Å². The third-order valence-corrected chi connectivity index (χ3v) is 9.21. The van der Waals surface area contributed by atoms with E-state index in [1.807, 2.05) is 5.48 Å². The minimum absolute atomic E-state index is 0.0664. The zero-order chi connectivity index (χ0) is 29.5. The number of rotatable bonds is 9. The maximum Gasteiger partial charge on any atom is 0.351 e. The predicted molar refractivity (Wildman–Crippen MR) is 148 cm³/mol. The van der Waals surface area contributed by atoms with Crippen molar-refractivity contribution in [2.45, 2.75) is 121 Å². The first-order valence-corrected chi connectivity index (χ1v) is 15.7. The molecule has 232 valence electrons. The smallest absolute Gasteiger partial charge is 0.351 e. The van der Waals surface area contributed by atoms with Crippen molar-refractivity contribution < 1.29 is 38.5 Å². The third-order valence-electron chi connectivity index (χ3n) is 9.21. The SMILES string of the molecule is O=C(OC[C@H]1O[C@@H](n2ccc(NO)nc2=O)[C@H](OC(=O)C2CCCCC2)C1OC(=O)C1CCCCC1)C1CCCCC1. The maximum atomic E-state index is 13.4. The molecule has 4 fully saturated rings. The monoisotopic (exact) mass is 589 g/mol. The summed E-state index contributed by atoms with van der Waals surface area (Å²) >= 11 is 0. The lowest BCUT2D eigenvalue weighted by Crippen LogP contribution is -2.44. The van der Waals surface area contributed by atoms with E-state index in [2.05, 4.69) is 4.98 Å². The molecule has 42 heavy (non-hydrogen) atoms. The van der Waals surface area contributed by atoms with Gasteiger partial charge in [0.15, 0.2) is 24.3 Å². The number of nitrogens with zero attached hydrogens (tertiary/aromatic N) is 2. The molecule has 1 aromatic rings. The van der Waals surface area contributed by atoms with Gasteiger partial charge in [0.25, 0.3) is 0 Å². The van der Waals surface area contributed by atoms with Crippen LogP contribution >= 0.6 is 0 Å². The van der Waals surface area contributed by atoms with Gasteiger partial charge >= 0.3 is 23.6 Å². The van der Waals surface area contributed by atoms with Crippen LogP contribution in [0.3, 0.4) is 0 Å². The zero-order valence-corrected chi connectivity index (χ0v) is 24.1. The van der Waals surface area contributed by atoms with E-state index < -0.39 is 42.2 Å². The largest absolute Gasteiger partial charge is 0.463 e. The number of hydrogen-bond acceptors (Lipinski definition) is 11. The number of ether oxygens (including phenoxy) is 4. The average Bonchev–Trinajstić information content (AvgIpc) is 3.36. The van der Waals surface area contributed by atoms with Crippen LogP contribution in [0.15, 0.2) is 17.1 Å². The van der Waals surface area contributed by atoms with Crippen molar-refractivity contribution in [3.8, 4) is 0 Å². The molecule has 3 aliphatic carbocycles. The van der Waals surface area contributed by atoms with Crippen molar-refractivity contribution in [1.82, 2.24) is 9.55 Å². The molecule has 1 saturated heterocycles. The van der Waals surface area contributed by atoms with Gasteiger partial charge in [0.1, 0.15) is 12.7 Å². The van der Waals surface area contributed by atoms with Gasteiger partial charge in [0.05, 0.1) is 17.8 Å². The van der Waals surface area contributed by atoms with Crippen molar-refractivity contribution >= 4 is 23.7 Å². The highest BCUT2D eigenvalue weighted by Gasteiger charge is 2.52. The topological polar surface area (TPSA) is 155 Å². The average molecular weight is 590 g/mol. The Kier molecular flexibility index (Phi) is 10.5. The molecular formula is C30H43N3O9. The van der Waals surface area contributed by atoms with E-state index in [4.69, 9.17) is 18.9 Å². The Bertz CT molecular complexity index is 1140. The molecule has 12 heteroatoms. The summed E-state index contributed by atoms with van der Waals surface area (Å²) in [7, 11) is 0. The second kappa shape index (κ2) is 14.5. The van der Waals surface area contributed by atoms with Crippen LogP contribution < -0.4 is 11.2 Å². The number of carbonyl (C=O) groups is 3. The molecule has 1 aromatic heterocycles. The van der Waals surface area contributed by atoms with Gasteiger partial charge in [0, 0.05) is 6.20 Å². The highest BCUT2D eigenvalue weighted by Crippen LogP contribution is 2.37. The number of aromatic nitrogens is 2. The number of hydrogen-bond donors (Lipinski definition) is 2. The maximum absolute atomic E-state index is 13.4. The fourth-order valence-corrected chi connectivity index (χ4v) is 6.76. The van der Waals surface area contributed by atoms with E-state index in [0.29, 0.717) is 25.7 Å². The highest BCUT2D eigenvalue weighted by molar-refractivity contribution is 5.74. The zero-order valence-electron chi connectivity index (χ0n) is 24.1. The van der Waals surface area contributed by atoms with Crippen LogP contribution in [0.1, 0.15) is 103 Å². The Morgan fingerprint density at radius 2 is 1.31 bits per heavy atom. The fourth-order valence-electron chi connectivity index (χ4n) is 6.76. The summed E-state index contributed by atoms with van der Waals surface area (Å²) in [6.45, 7) is -0.218. The number of esters is 3. The molecule has 0 radical (unpaired) electrons. The van der Waals surface area contributed by atoms with Gasteiger partial charge in [-0.1, -0.05) is 57.8 Å². The Labute approximate surface area is 245 Å². The summed E-state index contributed by atoms with van der Waals surface area (Å²) in [6.07, 6.45) is 10.1. The molecule has 5 rings (SSSR count). The minimum atomic E-state index is -1.19. The molecule has 0 bridgehead atoms. The van der Waals surface area contributed by atoms with Gasteiger partial charge in [-0.3, -0.25) is 29.6 Å². The summed E-state index contributed by atoms with van der Waals surface area (Å²) < 4.78 is 25.2. The second-order valence-electron chi connectivity index (χ2n) is 12.1. The molecule has 3 saturated carbocycles. The van der Waals surface area contributed by atoms with Gasteiger partial charge in [-0.15, -0.1) is 0 Å². The molecule has 4 atom stereocenters. The van der Waals surface area contributed by atoms with Crippen molar-refractivity contribution in [1.29, 1.82) is 0 Å². The Morgan fingerprint density at radius 3 is 1.81 bits per heavy atom. The van der Waals surface area contributed by atoms with Crippen LogP contribution in [0.25, 0.3) is 0 Å². The van der Waals surface area contributed by atoms with Crippen molar-refractivity contribution in [2.75, 3.05) is 12.1 Å². The van der Waals surface area contributed by atoms with Crippen LogP contribution in [-0.4, -0.2) is 57.6 Å². The molecule has 2 heterocycles. The summed E-state index contributed by atoms with van der Waals surface area (Å²) in [5.41, 5.74) is 1.07. The lowest BCUT2D eigenvalue weighted by molar-refractivity contribution is -0.176. The minimum Gasteiger partial charge on any atom is -0.463 e. The molecular weight excluding hydrogens is 546 g/mol. The number of anilines is 1. The van der Waals surface area contributed by atoms with Crippen LogP contribution in [-0.2, 0) is 33.3 Å². The summed E-state index contributed by atoms with van der Waals surface area (Å²) in [4.78, 5) is 56.4. The van der Waals surface area contributed by atoms with E-state index in [1.54, 1.807) is 0 Å². The van der Waals surface area contributed by atoms with Gasteiger partial charge in [-0.2, -0.15) is 4.98 Å². The molecule has 1 unspecified atom stereocenters. The standard InChI is InChI=1S/C30H43N3O9/c34-27(19-10-4-1-5-11-19)39-18-22-24(41-28(35)20-12-6-2-7-13-20)25(42-29(36)21-14-8-3-9-15-21)26(40-22)33-17-16-23(32-38)31-30(33)37/h16-17,19-22,24-26,38H,1-15,18H2,(H,31,32,37)/t22-,24?,25-,26-/m1/s1. The van der Waals surface area contributed by atoms with Crippen LogP contribution in [0.2, 0.25) is 0 Å². The van der Waals surface area contributed by atoms with Crippen molar-refractivity contribution in [3.63, 3.8) is 0 Å². The quantitative estimate of drug-likeness (QED) is 0.243. The summed E-state index contributed by atoms with van der Waals surface area (Å²) in [5.74, 6) is -2.00. The second-order valence-corrected chi connectivity index (χ2v) is 12.1. The molecule has 2 N–H and O–H groups in total. The van der Waals surface area contributed by atoms with E-state index in [9.17, 15) is 24.4 Å². The molecule has 12 nitrogen and oxygen atoms in total. The highest BCUT2D eigenvalue weighted by atomic mass is 16.7. The molecule has 4 aliphatic rings. The first-order chi connectivity index (χ1) is 20.4. The fraction of sp³-hybridized carbons (Fsp3) is 0.767. The van der Waals surface area contributed by atoms with Crippen molar-refractivity contribution in [3.05, 3.63) is 22.7 Å². The molecule has 1 aliphatic heterocycles. The van der Waals surface area contributed by atoms with Gasteiger partial charge in [-0.05, 0) is 44.6 Å². The van der Waals surface area contributed by atoms with Gasteiger partial charge < -0.3 is 18.9 Å².